The average Bonchev–Trinajstić information content (AvgIpc) is 3.19. The Bertz CT molecular complexity index is 978. The molecule has 4 heterocycles. The molecular weight excluding hydrogens is 501 g/mol. The first-order chi connectivity index (χ1) is 14.7. The number of piperidine rings is 1. The molecule has 3 aromatic rings. The van der Waals surface area contributed by atoms with Gasteiger partial charge in [0.1, 0.15) is 5.65 Å². The molecule has 8 heteroatoms. The maximum atomic E-state index is 4.78. The molecule has 0 bridgehead atoms. The molecule has 0 spiro atoms. The van der Waals surface area contributed by atoms with Crippen LogP contribution in [0.15, 0.2) is 53.8 Å². The Morgan fingerprint density at radius 1 is 1.13 bits per heavy atom. The summed E-state index contributed by atoms with van der Waals surface area (Å²) in [6, 6.07) is 12.7. The molecule has 7 nitrogen and oxygen atoms in total. The van der Waals surface area contributed by atoms with Gasteiger partial charge in [0, 0.05) is 50.3 Å². The van der Waals surface area contributed by atoms with Gasteiger partial charge in [-0.05, 0) is 51.0 Å². The zero-order chi connectivity index (χ0) is 20.8. The standard InChI is InChI=1S/C23H31N7.HI/c1-3-24-23(26-15-21-17-30-18(2)7-6-9-22(30)27-21)28-19-10-13-29(14-11-19)16-20-8-4-5-12-25-20;/h4-9,12,17,19H,3,10-11,13-16H2,1-2H3,(H2,24,26,28);1H. The van der Waals surface area contributed by atoms with Crippen LogP contribution in [0, 0.1) is 6.92 Å². The highest BCUT2D eigenvalue weighted by atomic mass is 127. The molecule has 166 valence electrons. The molecule has 31 heavy (non-hydrogen) atoms. The lowest BCUT2D eigenvalue weighted by atomic mass is 10.0. The van der Waals surface area contributed by atoms with E-state index in [2.05, 4.69) is 68.1 Å². The maximum absolute atomic E-state index is 4.78. The summed E-state index contributed by atoms with van der Waals surface area (Å²) in [5.74, 6) is 0.870. The van der Waals surface area contributed by atoms with Crippen LogP contribution >= 0.6 is 24.0 Å². The normalized spacial score (nSPS) is 15.6. The highest BCUT2D eigenvalue weighted by Crippen LogP contribution is 2.13. The maximum Gasteiger partial charge on any atom is 0.191 e. The van der Waals surface area contributed by atoms with E-state index < -0.39 is 0 Å². The van der Waals surface area contributed by atoms with Gasteiger partial charge in [-0.25, -0.2) is 9.98 Å². The van der Waals surface area contributed by atoms with E-state index in [-0.39, 0.29) is 24.0 Å². The van der Waals surface area contributed by atoms with E-state index in [9.17, 15) is 0 Å². The first kappa shape index (κ1) is 23.5. The van der Waals surface area contributed by atoms with Crippen molar-refractivity contribution in [3.05, 3.63) is 65.9 Å². The molecule has 0 amide bonds. The molecule has 0 aromatic carbocycles. The van der Waals surface area contributed by atoms with Gasteiger partial charge >= 0.3 is 0 Å². The number of halogens is 1. The molecule has 1 saturated heterocycles. The number of hydrogen-bond acceptors (Lipinski definition) is 4. The molecule has 3 aromatic heterocycles. The van der Waals surface area contributed by atoms with Gasteiger partial charge in [0.05, 0.1) is 17.9 Å². The van der Waals surface area contributed by atoms with Crippen LogP contribution in [0.25, 0.3) is 5.65 Å². The largest absolute Gasteiger partial charge is 0.357 e. The van der Waals surface area contributed by atoms with Crippen molar-refractivity contribution in [3.8, 4) is 0 Å². The fourth-order valence-electron chi connectivity index (χ4n) is 3.90. The summed E-state index contributed by atoms with van der Waals surface area (Å²) < 4.78 is 2.11. The zero-order valence-corrected chi connectivity index (χ0v) is 20.6. The number of likely N-dealkylation sites (tertiary alicyclic amines) is 1. The summed E-state index contributed by atoms with van der Waals surface area (Å²) >= 11 is 0. The molecule has 4 rings (SSSR count). The molecule has 1 fully saturated rings. The lowest BCUT2D eigenvalue weighted by Crippen LogP contribution is -2.48. The van der Waals surface area contributed by atoms with Crippen LogP contribution in [0.5, 0.6) is 0 Å². The molecule has 1 aliphatic rings. The van der Waals surface area contributed by atoms with Crippen LogP contribution in [0.3, 0.4) is 0 Å². The average molecular weight is 533 g/mol. The fourth-order valence-corrected chi connectivity index (χ4v) is 3.90. The van der Waals surface area contributed by atoms with Crippen molar-refractivity contribution in [1.29, 1.82) is 0 Å². The van der Waals surface area contributed by atoms with E-state index in [0.717, 1.165) is 62.0 Å². The van der Waals surface area contributed by atoms with E-state index in [1.807, 2.05) is 24.4 Å². The van der Waals surface area contributed by atoms with Gasteiger partial charge in [0.25, 0.3) is 0 Å². The van der Waals surface area contributed by atoms with Crippen LogP contribution in [-0.4, -0.2) is 50.9 Å². The quantitative estimate of drug-likeness (QED) is 0.289. The Balaban J connectivity index is 0.00000272. The summed E-state index contributed by atoms with van der Waals surface area (Å²) in [5, 5.41) is 7.00. The van der Waals surface area contributed by atoms with Gasteiger partial charge in [-0.3, -0.25) is 9.88 Å². The number of aliphatic imine (C=N–C) groups is 1. The smallest absolute Gasteiger partial charge is 0.191 e. The highest BCUT2D eigenvalue weighted by Gasteiger charge is 2.20. The minimum absolute atomic E-state index is 0. The zero-order valence-electron chi connectivity index (χ0n) is 18.3. The van der Waals surface area contributed by atoms with E-state index in [4.69, 9.17) is 4.99 Å². The summed E-state index contributed by atoms with van der Waals surface area (Å²) in [5.41, 5.74) is 4.27. The van der Waals surface area contributed by atoms with Crippen LogP contribution < -0.4 is 10.6 Å². The van der Waals surface area contributed by atoms with Crippen molar-refractivity contribution >= 4 is 35.6 Å². The Morgan fingerprint density at radius 2 is 1.97 bits per heavy atom. The number of aromatic nitrogens is 3. The van der Waals surface area contributed by atoms with E-state index in [0.29, 0.717) is 12.6 Å². The third-order valence-corrected chi connectivity index (χ3v) is 5.53. The second-order valence-electron chi connectivity index (χ2n) is 7.84. The first-order valence-corrected chi connectivity index (χ1v) is 10.8. The van der Waals surface area contributed by atoms with Gasteiger partial charge in [-0.1, -0.05) is 12.1 Å². The molecule has 0 unspecified atom stereocenters. The Hall–Kier alpha value is -2.20. The van der Waals surface area contributed by atoms with Gasteiger partial charge in [0.15, 0.2) is 5.96 Å². The number of rotatable bonds is 6. The number of aryl methyl sites for hydroxylation is 1. The Kier molecular flexibility index (Phi) is 8.65. The van der Waals surface area contributed by atoms with Crippen molar-refractivity contribution < 1.29 is 0 Å². The summed E-state index contributed by atoms with van der Waals surface area (Å²) in [6.45, 7) is 8.66. The van der Waals surface area contributed by atoms with Crippen molar-refractivity contribution in [2.75, 3.05) is 19.6 Å². The SMILES string of the molecule is CCNC(=NCc1cn2c(C)cccc2n1)NC1CCN(Cc2ccccn2)CC1.I. The lowest BCUT2D eigenvalue weighted by Gasteiger charge is -2.32. The van der Waals surface area contributed by atoms with Crippen molar-refractivity contribution in [3.63, 3.8) is 0 Å². The molecule has 2 N–H and O–H groups in total. The summed E-state index contributed by atoms with van der Waals surface area (Å²) in [4.78, 5) is 16.4. The minimum atomic E-state index is 0. The number of fused-ring (bicyclic) bond motifs is 1. The van der Waals surface area contributed by atoms with Gasteiger partial charge in [0.2, 0.25) is 0 Å². The van der Waals surface area contributed by atoms with Gasteiger partial charge in [-0.15, -0.1) is 24.0 Å². The van der Waals surface area contributed by atoms with Crippen LogP contribution in [0.4, 0.5) is 0 Å². The Morgan fingerprint density at radius 3 is 2.68 bits per heavy atom. The number of nitrogens with zero attached hydrogens (tertiary/aromatic N) is 5. The van der Waals surface area contributed by atoms with Crippen molar-refractivity contribution in [2.24, 2.45) is 4.99 Å². The van der Waals surface area contributed by atoms with Crippen LogP contribution in [0.2, 0.25) is 0 Å². The third-order valence-electron chi connectivity index (χ3n) is 5.53. The van der Waals surface area contributed by atoms with Gasteiger partial charge < -0.3 is 15.0 Å². The number of nitrogens with one attached hydrogen (secondary N) is 2. The number of imidazole rings is 1. The first-order valence-electron chi connectivity index (χ1n) is 10.8. The van der Waals surface area contributed by atoms with Crippen molar-refractivity contribution in [2.45, 2.75) is 45.8 Å². The third kappa shape index (κ3) is 6.39. The number of hydrogen-bond donors (Lipinski definition) is 2. The predicted octanol–water partition coefficient (Wildman–Crippen LogP) is 3.38. The lowest BCUT2D eigenvalue weighted by molar-refractivity contribution is 0.196. The molecular formula is C23H32IN7. The van der Waals surface area contributed by atoms with E-state index in [1.165, 1.54) is 5.69 Å². The van der Waals surface area contributed by atoms with Crippen LogP contribution in [-0.2, 0) is 13.1 Å². The minimum Gasteiger partial charge on any atom is -0.357 e. The molecule has 1 aliphatic heterocycles. The monoisotopic (exact) mass is 533 g/mol. The van der Waals surface area contributed by atoms with Crippen molar-refractivity contribution in [1.82, 2.24) is 29.9 Å². The molecule has 0 aliphatic carbocycles. The molecule has 0 atom stereocenters. The highest BCUT2D eigenvalue weighted by molar-refractivity contribution is 14.0. The van der Waals surface area contributed by atoms with E-state index >= 15 is 0 Å². The second kappa shape index (κ2) is 11.4. The molecule has 0 saturated carbocycles. The van der Waals surface area contributed by atoms with Gasteiger partial charge in [-0.2, -0.15) is 0 Å². The number of guanidine groups is 1. The Labute approximate surface area is 201 Å². The van der Waals surface area contributed by atoms with Crippen LogP contribution in [0.1, 0.15) is 36.8 Å². The second-order valence-corrected chi connectivity index (χ2v) is 7.84. The number of pyridine rings is 2. The predicted molar refractivity (Wildman–Crippen MR) is 136 cm³/mol. The molecule has 0 radical (unpaired) electrons. The fraction of sp³-hybridized carbons (Fsp3) is 0.435. The summed E-state index contributed by atoms with van der Waals surface area (Å²) in [6.07, 6.45) is 6.15. The van der Waals surface area contributed by atoms with E-state index in [1.54, 1.807) is 0 Å². The summed E-state index contributed by atoms with van der Waals surface area (Å²) in [7, 11) is 0. The topological polar surface area (TPSA) is 69.8 Å².